The molecule has 7 heteroatoms. The van der Waals surface area contributed by atoms with Crippen LogP contribution in [0.2, 0.25) is 0 Å². The number of rotatable bonds is 4. The van der Waals surface area contributed by atoms with Crippen LogP contribution in [0.1, 0.15) is 33.1 Å². The number of carbonyl (C=O) groups excluding carboxylic acids is 1. The van der Waals surface area contributed by atoms with Gasteiger partial charge in [0.15, 0.2) is 0 Å². The van der Waals surface area contributed by atoms with Crippen LogP contribution in [-0.4, -0.2) is 23.4 Å². The summed E-state index contributed by atoms with van der Waals surface area (Å²) in [6, 6.07) is 0. The van der Waals surface area contributed by atoms with Crippen LogP contribution in [0.15, 0.2) is 0 Å². The third-order valence-corrected chi connectivity index (χ3v) is 1.53. The Bertz CT molecular complexity index is 241. The third kappa shape index (κ3) is 17.4. The Morgan fingerprint density at radius 1 is 1.36 bits per heavy atom. The Morgan fingerprint density at radius 2 is 1.71 bits per heavy atom. The van der Waals surface area contributed by atoms with Crippen LogP contribution in [0, 0.1) is 5.92 Å². The van der Waals surface area contributed by atoms with Crippen LogP contribution in [0.5, 0.6) is 0 Å². The standard InChI is InChI=1S/C7H15NO.H2O4S/c1-3-5-6(4-2)7(8)9;1-5(2,3)4/h6H,3-5H2,1-2H3,(H2,8,9);(H2,1,2,3,4). The molecule has 14 heavy (non-hydrogen) atoms. The highest BCUT2D eigenvalue weighted by Gasteiger charge is 2.09. The number of carbonyl (C=O) groups is 1. The summed E-state index contributed by atoms with van der Waals surface area (Å²) in [6.45, 7) is 4.05. The summed E-state index contributed by atoms with van der Waals surface area (Å²) < 4.78 is 31.6. The van der Waals surface area contributed by atoms with Crippen molar-refractivity contribution in [1.82, 2.24) is 0 Å². The maximum Gasteiger partial charge on any atom is 0.394 e. The van der Waals surface area contributed by atoms with Crippen molar-refractivity contribution in [1.29, 1.82) is 0 Å². The molecule has 1 atom stereocenters. The lowest BCUT2D eigenvalue weighted by atomic mass is 10.0. The molecule has 0 bridgehead atoms. The molecule has 0 aliphatic heterocycles. The van der Waals surface area contributed by atoms with E-state index in [2.05, 4.69) is 6.92 Å². The summed E-state index contributed by atoms with van der Waals surface area (Å²) in [5.74, 6) is -0.0469. The smallest absolute Gasteiger partial charge is 0.369 e. The first-order valence-electron chi connectivity index (χ1n) is 4.21. The van der Waals surface area contributed by atoms with E-state index in [1.807, 2.05) is 6.92 Å². The molecule has 0 heterocycles. The summed E-state index contributed by atoms with van der Waals surface area (Å²) in [4.78, 5) is 10.5. The molecule has 0 aromatic carbocycles. The van der Waals surface area contributed by atoms with Crippen molar-refractivity contribution in [2.75, 3.05) is 0 Å². The van der Waals surface area contributed by atoms with E-state index >= 15 is 0 Å². The fourth-order valence-electron chi connectivity index (χ4n) is 0.896. The minimum absolute atomic E-state index is 0.106. The molecule has 1 unspecified atom stereocenters. The van der Waals surface area contributed by atoms with Gasteiger partial charge in [0, 0.05) is 5.92 Å². The van der Waals surface area contributed by atoms with Gasteiger partial charge in [-0.3, -0.25) is 13.9 Å². The van der Waals surface area contributed by atoms with E-state index in [9.17, 15) is 4.79 Å². The van der Waals surface area contributed by atoms with Gasteiger partial charge >= 0.3 is 10.4 Å². The average Bonchev–Trinajstić information content (AvgIpc) is 1.96. The van der Waals surface area contributed by atoms with E-state index in [1.54, 1.807) is 0 Å². The van der Waals surface area contributed by atoms with Gasteiger partial charge in [-0.2, -0.15) is 8.42 Å². The normalized spacial score (nSPS) is 12.6. The van der Waals surface area contributed by atoms with E-state index in [0.717, 1.165) is 19.3 Å². The van der Waals surface area contributed by atoms with Crippen LogP contribution in [0.25, 0.3) is 0 Å². The van der Waals surface area contributed by atoms with Crippen molar-refractivity contribution in [3.63, 3.8) is 0 Å². The fraction of sp³-hybridized carbons (Fsp3) is 0.857. The van der Waals surface area contributed by atoms with Gasteiger partial charge in [-0.25, -0.2) is 0 Å². The summed E-state index contributed by atoms with van der Waals surface area (Å²) in [5, 5.41) is 0. The Kier molecular flexibility index (Phi) is 8.71. The topological polar surface area (TPSA) is 118 Å². The minimum Gasteiger partial charge on any atom is -0.369 e. The number of nitrogens with two attached hydrogens (primary N) is 1. The molecular weight excluding hydrogens is 210 g/mol. The quantitative estimate of drug-likeness (QED) is 0.609. The minimum atomic E-state index is -4.67. The zero-order chi connectivity index (χ0) is 11.8. The van der Waals surface area contributed by atoms with Crippen LogP contribution in [-0.2, 0) is 15.2 Å². The highest BCUT2D eigenvalue weighted by atomic mass is 32.3. The third-order valence-electron chi connectivity index (χ3n) is 1.53. The molecule has 0 radical (unpaired) electrons. The molecule has 0 aliphatic rings. The first-order chi connectivity index (χ1) is 6.22. The summed E-state index contributed by atoms with van der Waals surface area (Å²) >= 11 is 0. The second kappa shape index (κ2) is 7.72. The number of primary amides is 1. The molecule has 0 spiro atoms. The average molecular weight is 227 g/mol. The molecule has 4 N–H and O–H groups in total. The van der Waals surface area contributed by atoms with E-state index < -0.39 is 10.4 Å². The van der Waals surface area contributed by atoms with Crippen LogP contribution < -0.4 is 5.73 Å². The predicted octanol–water partition coefficient (Wildman–Crippen LogP) is 0.645. The Morgan fingerprint density at radius 3 is 1.79 bits per heavy atom. The molecule has 0 aromatic rings. The zero-order valence-electron chi connectivity index (χ0n) is 8.30. The maximum atomic E-state index is 10.5. The molecule has 86 valence electrons. The molecule has 0 aromatic heterocycles. The predicted molar refractivity (Wildman–Crippen MR) is 52.1 cm³/mol. The van der Waals surface area contributed by atoms with E-state index in [1.165, 1.54) is 0 Å². The molecule has 0 fully saturated rings. The molecule has 1 amide bonds. The second-order valence-corrected chi connectivity index (χ2v) is 3.64. The molecule has 0 aliphatic carbocycles. The van der Waals surface area contributed by atoms with Crippen LogP contribution in [0.3, 0.4) is 0 Å². The molecular formula is C7H17NO5S. The molecule has 6 nitrogen and oxygen atoms in total. The highest BCUT2D eigenvalue weighted by molar-refractivity contribution is 7.79. The van der Waals surface area contributed by atoms with Crippen molar-refractivity contribution in [2.24, 2.45) is 11.7 Å². The molecule has 0 saturated heterocycles. The first-order valence-corrected chi connectivity index (χ1v) is 5.61. The maximum absolute atomic E-state index is 10.5. The van der Waals surface area contributed by atoms with E-state index in [0.29, 0.717) is 0 Å². The van der Waals surface area contributed by atoms with Crippen LogP contribution >= 0.6 is 0 Å². The van der Waals surface area contributed by atoms with Gasteiger partial charge < -0.3 is 5.73 Å². The van der Waals surface area contributed by atoms with Gasteiger partial charge in [0.25, 0.3) is 0 Å². The zero-order valence-corrected chi connectivity index (χ0v) is 9.12. The lowest BCUT2D eigenvalue weighted by Gasteiger charge is -2.06. The largest absolute Gasteiger partial charge is 0.394 e. The van der Waals surface area contributed by atoms with Gasteiger partial charge in [0.1, 0.15) is 0 Å². The van der Waals surface area contributed by atoms with Crippen molar-refractivity contribution in [3.8, 4) is 0 Å². The van der Waals surface area contributed by atoms with Gasteiger partial charge in [-0.15, -0.1) is 0 Å². The Balaban J connectivity index is 0. The van der Waals surface area contributed by atoms with Crippen molar-refractivity contribution in [3.05, 3.63) is 0 Å². The fourth-order valence-corrected chi connectivity index (χ4v) is 0.896. The van der Waals surface area contributed by atoms with Gasteiger partial charge in [-0.05, 0) is 12.8 Å². The summed E-state index contributed by atoms with van der Waals surface area (Å²) in [7, 11) is -4.67. The second-order valence-electron chi connectivity index (χ2n) is 2.74. The van der Waals surface area contributed by atoms with E-state index in [4.69, 9.17) is 23.3 Å². The SMILES string of the molecule is CCCC(CC)C(N)=O.O=S(=O)(O)O. The molecule has 0 saturated carbocycles. The monoisotopic (exact) mass is 227 g/mol. The van der Waals surface area contributed by atoms with E-state index in [-0.39, 0.29) is 11.8 Å². The lowest BCUT2D eigenvalue weighted by Crippen LogP contribution is -2.22. The number of hydrogen-bond acceptors (Lipinski definition) is 3. The molecule has 0 rings (SSSR count). The summed E-state index contributed by atoms with van der Waals surface area (Å²) in [6.07, 6.45) is 2.86. The van der Waals surface area contributed by atoms with Crippen molar-refractivity contribution in [2.45, 2.75) is 33.1 Å². The van der Waals surface area contributed by atoms with Crippen LogP contribution in [0.4, 0.5) is 0 Å². The Labute approximate surface area is 84.1 Å². The number of amides is 1. The van der Waals surface area contributed by atoms with Gasteiger partial charge in [0.05, 0.1) is 0 Å². The number of hydrogen-bond donors (Lipinski definition) is 3. The lowest BCUT2D eigenvalue weighted by molar-refractivity contribution is -0.122. The van der Waals surface area contributed by atoms with Crippen molar-refractivity contribution >= 4 is 16.3 Å². The highest BCUT2D eigenvalue weighted by Crippen LogP contribution is 2.08. The summed E-state index contributed by atoms with van der Waals surface area (Å²) in [5.41, 5.74) is 5.09. The van der Waals surface area contributed by atoms with Gasteiger partial charge in [0.2, 0.25) is 5.91 Å². The van der Waals surface area contributed by atoms with Crippen molar-refractivity contribution < 1.29 is 22.3 Å². The first kappa shape index (κ1) is 15.8. The van der Waals surface area contributed by atoms with Gasteiger partial charge in [-0.1, -0.05) is 20.3 Å². The Hall–Kier alpha value is -0.660.